The Hall–Kier alpha value is -3.49. The first-order valence-corrected chi connectivity index (χ1v) is 11.7. The fourth-order valence-electron chi connectivity index (χ4n) is 3.73. The minimum absolute atomic E-state index is 0.00112. The van der Waals surface area contributed by atoms with Crippen molar-refractivity contribution < 1.29 is 9.53 Å². The smallest absolute Gasteiger partial charge is 0.227 e. The zero-order valence-electron chi connectivity index (χ0n) is 19.5. The van der Waals surface area contributed by atoms with Crippen LogP contribution in [0.1, 0.15) is 19.8 Å². The van der Waals surface area contributed by atoms with Crippen LogP contribution in [0.25, 0.3) is 11.3 Å². The van der Waals surface area contributed by atoms with Gasteiger partial charge < -0.3 is 26.0 Å². The Bertz CT molecular complexity index is 1070. The fraction of sp³-hybridized carbons (Fsp3) is 0.346. The van der Waals surface area contributed by atoms with Crippen LogP contribution < -0.4 is 21.3 Å². The van der Waals surface area contributed by atoms with Gasteiger partial charge in [-0.25, -0.2) is 9.97 Å². The van der Waals surface area contributed by atoms with Gasteiger partial charge in [0.2, 0.25) is 11.9 Å². The van der Waals surface area contributed by atoms with Gasteiger partial charge in [0.25, 0.3) is 0 Å². The average Bonchev–Trinajstić information content (AvgIpc) is 2.89. The Labute approximate surface area is 200 Å². The van der Waals surface area contributed by atoms with Gasteiger partial charge in [-0.2, -0.15) is 0 Å². The van der Waals surface area contributed by atoms with Crippen LogP contribution in [-0.2, 0) is 9.53 Å². The van der Waals surface area contributed by atoms with E-state index in [2.05, 4.69) is 37.6 Å². The minimum Gasteiger partial charge on any atom is -0.378 e. The van der Waals surface area contributed by atoms with Crippen molar-refractivity contribution in [2.45, 2.75) is 19.8 Å². The van der Waals surface area contributed by atoms with Crippen LogP contribution in [0, 0.1) is 5.92 Å². The number of amides is 1. The molecule has 1 unspecified atom stereocenters. The largest absolute Gasteiger partial charge is 0.378 e. The lowest BCUT2D eigenvalue weighted by Crippen LogP contribution is -2.36. The molecule has 4 rings (SSSR count). The Morgan fingerprint density at radius 3 is 2.47 bits per heavy atom. The van der Waals surface area contributed by atoms with Gasteiger partial charge in [0.15, 0.2) is 0 Å². The molecule has 0 aliphatic carbocycles. The third kappa shape index (κ3) is 6.52. The van der Waals surface area contributed by atoms with Gasteiger partial charge in [-0.1, -0.05) is 19.1 Å². The number of aromatic nitrogens is 2. The van der Waals surface area contributed by atoms with Gasteiger partial charge in [-0.15, -0.1) is 0 Å². The summed E-state index contributed by atoms with van der Waals surface area (Å²) in [7, 11) is 0. The number of nitrogens with zero attached hydrogens (tertiary/aromatic N) is 3. The number of rotatable bonds is 9. The van der Waals surface area contributed by atoms with E-state index >= 15 is 0 Å². The highest BCUT2D eigenvalue weighted by atomic mass is 16.5. The maximum absolute atomic E-state index is 12.1. The zero-order chi connectivity index (χ0) is 23.8. The van der Waals surface area contributed by atoms with E-state index in [0.717, 1.165) is 55.4 Å². The van der Waals surface area contributed by atoms with Crippen LogP contribution in [-0.4, -0.2) is 48.7 Å². The molecule has 3 aromatic rings. The molecule has 0 bridgehead atoms. The Morgan fingerprint density at radius 1 is 1.06 bits per heavy atom. The third-order valence-corrected chi connectivity index (χ3v) is 5.89. The number of benzene rings is 2. The first-order chi connectivity index (χ1) is 16.6. The SMILES string of the molecule is CC(CN)CCC(=O)Nc1ccc(-c2ccnc(Nc3ccc(N4CCOCC4)cc3)n2)cc1. The summed E-state index contributed by atoms with van der Waals surface area (Å²) >= 11 is 0. The molecule has 1 aliphatic heterocycles. The van der Waals surface area contributed by atoms with E-state index in [1.54, 1.807) is 6.20 Å². The number of carbonyl (C=O) groups excluding carboxylic acids is 1. The molecular weight excluding hydrogens is 428 g/mol. The summed E-state index contributed by atoms with van der Waals surface area (Å²) in [5.74, 6) is 0.876. The van der Waals surface area contributed by atoms with Crippen LogP contribution in [0.5, 0.6) is 0 Å². The molecule has 4 N–H and O–H groups in total. The monoisotopic (exact) mass is 460 g/mol. The Kier molecular flexibility index (Phi) is 8.06. The Morgan fingerprint density at radius 2 is 1.76 bits per heavy atom. The summed E-state index contributed by atoms with van der Waals surface area (Å²) in [5, 5.41) is 6.22. The normalized spacial score (nSPS) is 14.5. The van der Waals surface area contributed by atoms with Crippen LogP contribution in [0.3, 0.4) is 0 Å². The van der Waals surface area contributed by atoms with Gasteiger partial charge in [0.1, 0.15) is 0 Å². The van der Waals surface area contributed by atoms with Crippen LogP contribution in [0.2, 0.25) is 0 Å². The van der Waals surface area contributed by atoms with Gasteiger partial charge in [-0.3, -0.25) is 4.79 Å². The topological polar surface area (TPSA) is 105 Å². The molecule has 0 saturated carbocycles. The zero-order valence-corrected chi connectivity index (χ0v) is 19.5. The summed E-state index contributed by atoms with van der Waals surface area (Å²) < 4.78 is 5.42. The molecule has 0 spiro atoms. The second-order valence-corrected chi connectivity index (χ2v) is 8.54. The number of hydrogen-bond donors (Lipinski definition) is 3. The standard InChI is InChI=1S/C26H32N6O2/c1-19(18-27)2-11-25(33)29-21-5-3-20(4-6-21)24-12-13-28-26(31-24)30-22-7-9-23(10-8-22)32-14-16-34-17-15-32/h3-10,12-13,19H,2,11,14-18,27H2,1H3,(H,29,33)(H,28,30,31). The molecule has 0 radical (unpaired) electrons. The van der Waals surface area contributed by atoms with Crippen molar-refractivity contribution in [1.82, 2.24) is 9.97 Å². The molecular formula is C26H32N6O2. The van der Waals surface area contributed by atoms with Crippen molar-refractivity contribution in [2.75, 3.05) is 48.4 Å². The third-order valence-electron chi connectivity index (χ3n) is 5.89. The predicted octanol–water partition coefficient (Wildman–Crippen LogP) is 4.04. The maximum atomic E-state index is 12.1. The number of ether oxygens (including phenoxy) is 1. The van der Waals surface area contributed by atoms with Gasteiger partial charge >= 0.3 is 0 Å². The summed E-state index contributed by atoms with van der Waals surface area (Å²) in [4.78, 5) is 23.5. The average molecular weight is 461 g/mol. The lowest BCUT2D eigenvalue weighted by molar-refractivity contribution is -0.116. The van der Waals surface area contributed by atoms with E-state index in [9.17, 15) is 4.79 Å². The Balaban J connectivity index is 1.36. The second-order valence-electron chi connectivity index (χ2n) is 8.54. The lowest BCUT2D eigenvalue weighted by Gasteiger charge is -2.28. The number of nitrogens with two attached hydrogens (primary N) is 1. The molecule has 178 valence electrons. The highest BCUT2D eigenvalue weighted by Gasteiger charge is 2.11. The summed E-state index contributed by atoms with van der Waals surface area (Å²) in [6.45, 7) is 6.00. The molecule has 8 nitrogen and oxygen atoms in total. The maximum Gasteiger partial charge on any atom is 0.227 e. The van der Waals surface area contributed by atoms with Crippen molar-refractivity contribution in [3.8, 4) is 11.3 Å². The molecule has 34 heavy (non-hydrogen) atoms. The molecule has 1 fully saturated rings. The minimum atomic E-state index is 0.00112. The number of nitrogens with one attached hydrogen (secondary N) is 2. The highest BCUT2D eigenvalue weighted by Crippen LogP contribution is 2.23. The molecule has 8 heteroatoms. The number of carbonyl (C=O) groups is 1. The molecule has 2 aromatic carbocycles. The van der Waals surface area contributed by atoms with E-state index in [1.165, 1.54) is 5.69 Å². The fourth-order valence-corrected chi connectivity index (χ4v) is 3.73. The molecule has 1 amide bonds. The van der Waals surface area contributed by atoms with Crippen LogP contribution in [0.15, 0.2) is 60.8 Å². The van der Waals surface area contributed by atoms with Gasteiger partial charge in [-0.05, 0) is 61.3 Å². The number of hydrogen-bond acceptors (Lipinski definition) is 7. The van der Waals surface area contributed by atoms with Gasteiger partial charge in [0, 0.05) is 48.3 Å². The van der Waals surface area contributed by atoms with Crippen molar-refractivity contribution in [3.05, 3.63) is 60.8 Å². The van der Waals surface area contributed by atoms with E-state index < -0.39 is 0 Å². The summed E-state index contributed by atoms with van der Waals surface area (Å²) in [5.41, 5.74) is 10.2. The second kappa shape index (κ2) is 11.6. The predicted molar refractivity (Wildman–Crippen MR) is 136 cm³/mol. The van der Waals surface area contributed by atoms with Crippen LogP contribution in [0.4, 0.5) is 23.0 Å². The van der Waals surface area contributed by atoms with E-state index in [-0.39, 0.29) is 5.91 Å². The van der Waals surface area contributed by atoms with Crippen molar-refractivity contribution >= 4 is 28.9 Å². The van der Waals surface area contributed by atoms with E-state index in [1.807, 2.05) is 49.4 Å². The van der Waals surface area contributed by atoms with E-state index in [0.29, 0.717) is 24.8 Å². The number of morpholine rings is 1. The lowest BCUT2D eigenvalue weighted by atomic mass is 10.1. The molecule has 1 atom stereocenters. The summed E-state index contributed by atoms with van der Waals surface area (Å²) in [6.07, 6.45) is 2.99. The highest BCUT2D eigenvalue weighted by molar-refractivity contribution is 5.90. The quantitative estimate of drug-likeness (QED) is 0.443. The molecule has 1 saturated heterocycles. The van der Waals surface area contributed by atoms with Crippen molar-refractivity contribution in [2.24, 2.45) is 11.7 Å². The number of anilines is 4. The van der Waals surface area contributed by atoms with E-state index in [4.69, 9.17) is 10.5 Å². The van der Waals surface area contributed by atoms with Crippen molar-refractivity contribution in [3.63, 3.8) is 0 Å². The summed E-state index contributed by atoms with van der Waals surface area (Å²) in [6, 6.07) is 17.8. The molecule has 2 heterocycles. The first kappa shape index (κ1) is 23.7. The molecule has 1 aromatic heterocycles. The van der Waals surface area contributed by atoms with Gasteiger partial charge in [0.05, 0.1) is 18.9 Å². The van der Waals surface area contributed by atoms with Crippen molar-refractivity contribution in [1.29, 1.82) is 0 Å². The van der Waals surface area contributed by atoms with Crippen LogP contribution >= 0.6 is 0 Å². The molecule has 1 aliphatic rings. The first-order valence-electron chi connectivity index (χ1n) is 11.7.